The summed E-state index contributed by atoms with van der Waals surface area (Å²) in [7, 11) is -3.85. The van der Waals surface area contributed by atoms with E-state index in [0.717, 1.165) is 10.8 Å². The van der Waals surface area contributed by atoms with Gasteiger partial charge in [0, 0.05) is 18.1 Å². The van der Waals surface area contributed by atoms with Gasteiger partial charge in [0.15, 0.2) is 6.10 Å². The van der Waals surface area contributed by atoms with E-state index in [-0.39, 0.29) is 16.8 Å². The van der Waals surface area contributed by atoms with E-state index < -0.39 is 16.1 Å². The molecule has 8 nitrogen and oxygen atoms in total. The normalized spacial score (nSPS) is 12.2. The molecule has 0 spiro atoms. The zero-order valence-corrected chi connectivity index (χ0v) is 17.9. The van der Waals surface area contributed by atoms with E-state index in [1.54, 1.807) is 13.0 Å². The molecule has 0 aliphatic heterocycles. The maximum atomic E-state index is 12.5. The summed E-state index contributed by atoms with van der Waals surface area (Å²) < 4.78 is 32.9. The summed E-state index contributed by atoms with van der Waals surface area (Å²) in [5, 5.41) is 4.82. The molecule has 2 N–H and O–H groups in total. The Labute approximate surface area is 185 Å². The first-order chi connectivity index (χ1) is 15.4. The number of rotatable bonds is 7. The standard InChI is InChI=1S/C23H20N4O4S/c1-16(31-20-10-7-17-5-2-3-6-18(17)15-20)22(28)26-19-8-11-21(12-9-19)32(29,30)27-23-24-13-4-14-25-23/h2-16H,1H3,(H,26,28)(H,24,25,27)/t16-/m0/s1. The van der Waals surface area contributed by atoms with Gasteiger partial charge in [0.05, 0.1) is 4.90 Å². The van der Waals surface area contributed by atoms with Crippen LogP contribution in [0.3, 0.4) is 0 Å². The van der Waals surface area contributed by atoms with Crippen molar-refractivity contribution in [1.82, 2.24) is 9.97 Å². The second kappa shape index (κ2) is 9.03. The molecule has 0 saturated carbocycles. The zero-order chi connectivity index (χ0) is 22.6. The number of ether oxygens (including phenoxy) is 1. The Balaban J connectivity index is 1.39. The highest BCUT2D eigenvalue weighted by atomic mass is 32.2. The van der Waals surface area contributed by atoms with E-state index in [1.165, 1.54) is 36.7 Å². The van der Waals surface area contributed by atoms with E-state index >= 15 is 0 Å². The van der Waals surface area contributed by atoms with Crippen LogP contribution in [0.2, 0.25) is 0 Å². The van der Waals surface area contributed by atoms with Crippen molar-refractivity contribution in [2.75, 3.05) is 10.0 Å². The predicted octanol–water partition coefficient (Wildman–Crippen LogP) is 3.84. The minimum absolute atomic E-state index is 0.0171. The smallest absolute Gasteiger partial charge is 0.265 e. The summed E-state index contributed by atoms with van der Waals surface area (Å²) in [6, 6.07) is 20.9. The van der Waals surface area contributed by atoms with Crippen LogP contribution >= 0.6 is 0 Å². The van der Waals surface area contributed by atoms with E-state index in [2.05, 4.69) is 20.0 Å². The van der Waals surface area contributed by atoms with Crippen molar-refractivity contribution >= 4 is 38.3 Å². The number of nitrogens with zero attached hydrogens (tertiary/aromatic N) is 2. The van der Waals surface area contributed by atoms with Gasteiger partial charge in [-0.25, -0.2) is 23.1 Å². The Morgan fingerprint density at radius 1 is 0.906 bits per heavy atom. The van der Waals surface area contributed by atoms with Gasteiger partial charge in [-0.15, -0.1) is 0 Å². The molecule has 1 heterocycles. The van der Waals surface area contributed by atoms with Gasteiger partial charge < -0.3 is 10.1 Å². The maximum Gasteiger partial charge on any atom is 0.265 e. The summed E-state index contributed by atoms with van der Waals surface area (Å²) in [6.07, 6.45) is 2.12. The third-order valence-corrected chi connectivity index (χ3v) is 5.97. The van der Waals surface area contributed by atoms with Gasteiger partial charge in [-0.1, -0.05) is 30.3 Å². The number of fused-ring (bicyclic) bond motifs is 1. The molecule has 9 heteroatoms. The number of carbonyl (C=O) groups is 1. The molecule has 0 bridgehead atoms. The molecular formula is C23H20N4O4S. The van der Waals surface area contributed by atoms with Crippen molar-refractivity contribution in [2.24, 2.45) is 0 Å². The van der Waals surface area contributed by atoms with Crippen LogP contribution in [0.4, 0.5) is 11.6 Å². The number of aromatic nitrogens is 2. The second-order valence-corrected chi connectivity index (χ2v) is 8.64. The third kappa shape index (κ3) is 5.01. The van der Waals surface area contributed by atoms with Crippen LogP contribution < -0.4 is 14.8 Å². The second-order valence-electron chi connectivity index (χ2n) is 6.96. The van der Waals surface area contributed by atoms with Crippen LogP contribution in [-0.2, 0) is 14.8 Å². The van der Waals surface area contributed by atoms with Crippen LogP contribution in [0.25, 0.3) is 10.8 Å². The lowest BCUT2D eigenvalue weighted by atomic mass is 10.1. The Kier molecular flexibility index (Phi) is 6.00. The van der Waals surface area contributed by atoms with Crippen molar-refractivity contribution in [3.63, 3.8) is 0 Å². The topological polar surface area (TPSA) is 110 Å². The molecule has 1 aromatic heterocycles. The fourth-order valence-electron chi connectivity index (χ4n) is 2.99. The Hall–Kier alpha value is -3.98. The van der Waals surface area contributed by atoms with Crippen molar-refractivity contribution in [3.05, 3.63) is 85.2 Å². The molecule has 162 valence electrons. The van der Waals surface area contributed by atoms with Crippen molar-refractivity contribution in [2.45, 2.75) is 17.9 Å². The predicted molar refractivity (Wildman–Crippen MR) is 122 cm³/mol. The Morgan fingerprint density at radius 2 is 1.59 bits per heavy atom. The minimum atomic E-state index is -3.85. The zero-order valence-electron chi connectivity index (χ0n) is 17.1. The summed E-state index contributed by atoms with van der Waals surface area (Å²) in [5.74, 6) is 0.205. The SMILES string of the molecule is C[C@H](Oc1ccc2ccccc2c1)C(=O)Nc1ccc(S(=O)(=O)Nc2ncccn2)cc1. The minimum Gasteiger partial charge on any atom is -0.481 e. The fraction of sp³-hybridized carbons (Fsp3) is 0.0870. The highest BCUT2D eigenvalue weighted by Crippen LogP contribution is 2.22. The molecular weight excluding hydrogens is 428 g/mol. The Morgan fingerprint density at radius 3 is 2.31 bits per heavy atom. The lowest BCUT2D eigenvalue weighted by Gasteiger charge is -2.15. The van der Waals surface area contributed by atoms with Gasteiger partial charge in [-0.3, -0.25) is 4.79 Å². The van der Waals surface area contributed by atoms with Gasteiger partial charge >= 0.3 is 0 Å². The van der Waals surface area contributed by atoms with Crippen LogP contribution in [0.15, 0.2) is 90.1 Å². The maximum absolute atomic E-state index is 12.5. The number of anilines is 2. The average Bonchev–Trinajstić information content (AvgIpc) is 2.79. The number of amides is 1. The summed E-state index contributed by atoms with van der Waals surface area (Å²) >= 11 is 0. The monoisotopic (exact) mass is 448 g/mol. The van der Waals surface area contributed by atoms with Crippen molar-refractivity contribution in [3.8, 4) is 5.75 Å². The first-order valence-corrected chi connectivity index (χ1v) is 11.3. The van der Waals surface area contributed by atoms with Crippen molar-refractivity contribution < 1.29 is 17.9 Å². The highest BCUT2D eigenvalue weighted by molar-refractivity contribution is 7.92. The first-order valence-electron chi connectivity index (χ1n) is 9.77. The van der Waals surface area contributed by atoms with E-state index in [1.807, 2.05) is 42.5 Å². The number of nitrogens with one attached hydrogen (secondary N) is 2. The van der Waals surface area contributed by atoms with Crippen molar-refractivity contribution in [1.29, 1.82) is 0 Å². The first kappa shape index (κ1) is 21.3. The van der Waals surface area contributed by atoms with Gasteiger partial charge in [0.25, 0.3) is 15.9 Å². The highest BCUT2D eigenvalue weighted by Gasteiger charge is 2.18. The van der Waals surface area contributed by atoms with Crippen LogP contribution in [0.5, 0.6) is 5.75 Å². The van der Waals surface area contributed by atoms with Gasteiger partial charge in [0.2, 0.25) is 5.95 Å². The van der Waals surface area contributed by atoms with E-state index in [4.69, 9.17) is 4.74 Å². The van der Waals surface area contributed by atoms with Gasteiger partial charge in [-0.05, 0) is 60.2 Å². The van der Waals surface area contributed by atoms with Crippen LogP contribution in [0.1, 0.15) is 6.92 Å². The number of sulfonamides is 1. The van der Waals surface area contributed by atoms with Crippen LogP contribution in [-0.4, -0.2) is 30.4 Å². The molecule has 4 aromatic rings. The lowest BCUT2D eigenvalue weighted by molar-refractivity contribution is -0.122. The summed E-state index contributed by atoms with van der Waals surface area (Å²) in [5.41, 5.74) is 0.443. The molecule has 0 unspecified atom stereocenters. The number of benzene rings is 3. The molecule has 1 atom stereocenters. The number of hydrogen-bond acceptors (Lipinski definition) is 6. The summed E-state index contributed by atoms with van der Waals surface area (Å²) in [6.45, 7) is 1.65. The quantitative estimate of drug-likeness (QED) is 0.445. The van der Waals surface area contributed by atoms with E-state index in [0.29, 0.717) is 11.4 Å². The fourth-order valence-corrected chi connectivity index (χ4v) is 3.95. The van der Waals surface area contributed by atoms with Crippen LogP contribution in [0, 0.1) is 0 Å². The molecule has 0 aliphatic carbocycles. The molecule has 3 aromatic carbocycles. The number of hydrogen-bond donors (Lipinski definition) is 2. The molecule has 0 fully saturated rings. The van der Waals surface area contributed by atoms with Gasteiger partial charge in [0.1, 0.15) is 5.75 Å². The molecule has 0 aliphatic rings. The third-order valence-electron chi connectivity index (χ3n) is 4.63. The number of carbonyl (C=O) groups excluding carboxylic acids is 1. The molecule has 1 amide bonds. The Bertz CT molecular complexity index is 1340. The molecule has 32 heavy (non-hydrogen) atoms. The molecule has 4 rings (SSSR count). The van der Waals surface area contributed by atoms with Gasteiger partial charge in [-0.2, -0.15) is 0 Å². The largest absolute Gasteiger partial charge is 0.481 e. The van der Waals surface area contributed by atoms with E-state index in [9.17, 15) is 13.2 Å². The lowest BCUT2D eigenvalue weighted by Crippen LogP contribution is -2.30. The average molecular weight is 449 g/mol. The summed E-state index contributed by atoms with van der Waals surface area (Å²) in [4.78, 5) is 20.2. The molecule has 0 radical (unpaired) electrons. The molecule has 0 saturated heterocycles.